The van der Waals surface area contributed by atoms with E-state index >= 15 is 0 Å². The summed E-state index contributed by atoms with van der Waals surface area (Å²) < 4.78 is 17.0. The summed E-state index contributed by atoms with van der Waals surface area (Å²) in [6.07, 6.45) is 3.46. The molecule has 5 rings (SSSR count). The Labute approximate surface area is 181 Å². The zero-order chi connectivity index (χ0) is 21.6. The number of esters is 1. The molecule has 31 heavy (non-hydrogen) atoms. The van der Waals surface area contributed by atoms with Crippen LogP contribution >= 0.6 is 0 Å². The lowest BCUT2D eigenvalue weighted by atomic mass is 9.77. The summed E-state index contributed by atoms with van der Waals surface area (Å²) in [6, 6.07) is 17.1. The van der Waals surface area contributed by atoms with Gasteiger partial charge in [0, 0.05) is 0 Å². The largest absolute Gasteiger partial charge is 0.497 e. The number of methoxy groups -OCH3 is 1. The molecule has 3 aliphatic rings. The first-order chi connectivity index (χ1) is 15.0. The van der Waals surface area contributed by atoms with E-state index in [1.807, 2.05) is 78.6 Å². The molecule has 160 valence electrons. The van der Waals surface area contributed by atoms with Gasteiger partial charge in [-0.1, -0.05) is 54.6 Å². The maximum atomic E-state index is 13.5. The van der Waals surface area contributed by atoms with E-state index in [9.17, 15) is 9.59 Å². The molecule has 2 bridgehead atoms. The highest BCUT2D eigenvalue weighted by molar-refractivity contribution is 5.91. The molecule has 2 saturated heterocycles. The van der Waals surface area contributed by atoms with Crippen molar-refractivity contribution in [3.05, 3.63) is 77.9 Å². The summed E-state index contributed by atoms with van der Waals surface area (Å²) >= 11 is 0. The Morgan fingerprint density at radius 1 is 1.19 bits per heavy atom. The highest BCUT2D eigenvalue weighted by Crippen LogP contribution is 2.53. The predicted octanol–water partition coefficient (Wildman–Crippen LogP) is 3.28. The molecule has 6 heteroatoms. The Hall–Kier alpha value is -3.12. The van der Waals surface area contributed by atoms with E-state index < -0.39 is 23.5 Å². The van der Waals surface area contributed by atoms with E-state index in [-0.39, 0.29) is 24.5 Å². The number of fused-ring (bicyclic) bond motifs is 1. The molecule has 0 saturated carbocycles. The van der Waals surface area contributed by atoms with Gasteiger partial charge in [0.05, 0.1) is 31.7 Å². The molecule has 0 unspecified atom stereocenters. The van der Waals surface area contributed by atoms with Crippen LogP contribution in [0, 0.1) is 11.8 Å². The average Bonchev–Trinajstić information content (AvgIpc) is 3.46. The Balaban J connectivity index is 1.34. The minimum Gasteiger partial charge on any atom is -0.497 e. The molecule has 1 amide bonds. The van der Waals surface area contributed by atoms with Crippen LogP contribution in [-0.4, -0.2) is 42.1 Å². The van der Waals surface area contributed by atoms with Crippen molar-refractivity contribution in [1.29, 1.82) is 0 Å². The molecule has 6 nitrogen and oxygen atoms in total. The first-order valence-corrected chi connectivity index (χ1v) is 10.5. The fourth-order valence-electron chi connectivity index (χ4n) is 5.01. The number of carbonyl (C=O) groups excluding carboxylic acids is 2. The highest BCUT2D eigenvalue weighted by atomic mass is 16.6. The summed E-state index contributed by atoms with van der Waals surface area (Å²) in [5, 5.41) is 0. The fourth-order valence-corrected chi connectivity index (χ4v) is 5.01. The Bertz CT molecular complexity index is 1020. The van der Waals surface area contributed by atoms with Crippen LogP contribution < -0.4 is 4.74 Å². The normalized spacial score (nSPS) is 29.2. The van der Waals surface area contributed by atoms with E-state index in [1.54, 1.807) is 7.11 Å². The summed E-state index contributed by atoms with van der Waals surface area (Å²) in [5.74, 6) is -0.833. The first kappa shape index (κ1) is 19.8. The molecule has 0 N–H and O–H groups in total. The van der Waals surface area contributed by atoms with Gasteiger partial charge in [-0.2, -0.15) is 0 Å². The minimum atomic E-state index is -0.751. The lowest BCUT2D eigenvalue weighted by molar-refractivity contribution is -0.155. The van der Waals surface area contributed by atoms with Crippen LogP contribution in [0.25, 0.3) is 0 Å². The lowest BCUT2D eigenvalue weighted by Gasteiger charge is -2.27. The Morgan fingerprint density at radius 3 is 2.65 bits per heavy atom. The van der Waals surface area contributed by atoms with Gasteiger partial charge in [0.1, 0.15) is 23.9 Å². The van der Waals surface area contributed by atoms with E-state index in [2.05, 4.69) is 0 Å². The number of carbonyl (C=O) groups is 2. The van der Waals surface area contributed by atoms with Gasteiger partial charge in [0.2, 0.25) is 5.91 Å². The third-order valence-electron chi connectivity index (χ3n) is 6.69. The number of likely N-dealkylation sites (tertiary alicyclic amines) is 1. The van der Waals surface area contributed by atoms with Crippen LogP contribution in [0.5, 0.6) is 5.75 Å². The van der Waals surface area contributed by atoms with E-state index in [1.165, 1.54) is 0 Å². The van der Waals surface area contributed by atoms with Gasteiger partial charge in [0.25, 0.3) is 0 Å². The molecule has 5 atom stereocenters. The summed E-state index contributed by atoms with van der Waals surface area (Å²) in [5.41, 5.74) is 1.17. The second kappa shape index (κ2) is 7.54. The molecule has 2 fully saturated rings. The number of ether oxygens (including phenoxy) is 3. The highest BCUT2D eigenvalue weighted by Gasteiger charge is 2.67. The second-order valence-corrected chi connectivity index (χ2v) is 8.41. The molecule has 2 aromatic rings. The summed E-state index contributed by atoms with van der Waals surface area (Å²) in [4.78, 5) is 28.3. The molecule has 3 heterocycles. The van der Waals surface area contributed by atoms with Crippen molar-refractivity contribution in [2.24, 2.45) is 11.8 Å². The molecule has 1 spiro atoms. The molecule has 0 aromatic heterocycles. The van der Waals surface area contributed by atoms with Gasteiger partial charge in [-0.05, 0) is 30.2 Å². The summed E-state index contributed by atoms with van der Waals surface area (Å²) in [7, 11) is 1.62. The zero-order valence-electron chi connectivity index (χ0n) is 17.6. The molecular formula is C25H25NO5. The standard InChI is InChI=1S/C25H25NO5/c1-16(18-8-10-19(29-2)11-9-18)26-15-25-13-12-20(31-25)21(22(25)23(26)27)24(28)30-14-17-6-4-3-5-7-17/h3-13,16,20-22H,14-15H2,1-2H3/t16-,20-,21-,22+,25-/m0/s1. The van der Waals surface area contributed by atoms with Gasteiger partial charge in [0.15, 0.2) is 0 Å². The summed E-state index contributed by atoms with van der Waals surface area (Å²) in [6.45, 7) is 2.61. The van der Waals surface area contributed by atoms with Gasteiger partial charge in [-0.15, -0.1) is 0 Å². The van der Waals surface area contributed by atoms with Crippen molar-refractivity contribution < 1.29 is 23.8 Å². The van der Waals surface area contributed by atoms with Crippen LogP contribution in [0.15, 0.2) is 66.7 Å². The van der Waals surface area contributed by atoms with Crippen molar-refractivity contribution in [3.63, 3.8) is 0 Å². The molecule has 2 aromatic carbocycles. The monoisotopic (exact) mass is 419 g/mol. The number of amides is 1. The van der Waals surface area contributed by atoms with E-state index in [0.717, 1.165) is 16.9 Å². The maximum Gasteiger partial charge on any atom is 0.313 e. The zero-order valence-corrected chi connectivity index (χ0v) is 17.6. The quantitative estimate of drug-likeness (QED) is 0.531. The maximum absolute atomic E-state index is 13.5. The third-order valence-corrected chi connectivity index (χ3v) is 6.69. The van der Waals surface area contributed by atoms with Crippen LogP contribution in [0.4, 0.5) is 0 Å². The SMILES string of the molecule is COc1ccc([C@H](C)N2C[C@]34C=C[C@H](O3)[C@H](C(=O)OCc3ccccc3)[C@@H]4C2=O)cc1. The predicted molar refractivity (Wildman–Crippen MR) is 113 cm³/mol. The van der Waals surface area contributed by atoms with Crippen LogP contribution in [0.1, 0.15) is 24.1 Å². The second-order valence-electron chi connectivity index (χ2n) is 8.41. The molecular weight excluding hydrogens is 394 g/mol. The Kier molecular flexibility index (Phi) is 4.82. The lowest BCUT2D eigenvalue weighted by Crippen LogP contribution is -2.40. The van der Waals surface area contributed by atoms with Gasteiger partial charge in [-0.3, -0.25) is 9.59 Å². The average molecular weight is 419 g/mol. The van der Waals surface area contributed by atoms with Crippen molar-refractivity contribution in [2.45, 2.75) is 31.3 Å². The topological polar surface area (TPSA) is 65.1 Å². The van der Waals surface area contributed by atoms with Crippen LogP contribution in [-0.2, 0) is 25.7 Å². The number of nitrogens with zero attached hydrogens (tertiary/aromatic N) is 1. The van der Waals surface area contributed by atoms with Crippen LogP contribution in [0.3, 0.4) is 0 Å². The van der Waals surface area contributed by atoms with Gasteiger partial charge < -0.3 is 19.1 Å². The van der Waals surface area contributed by atoms with Crippen LogP contribution in [0.2, 0.25) is 0 Å². The smallest absolute Gasteiger partial charge is 0.313 e. The number of rotatable bonds is 6. The number of hydrogen-bond donors (Lipinski definition) is 0. The number of benzene rings is 2. The molecule has 0 aliphatic carbocycles. The van der Waals surface area contributed by atoms with Crippen molar-refractivity contribution in [2.75, 3.05) is 13.7 Å². The van der Waals surface area contributed by atoms with E-state index in [0.29, 0.717) is 6.54 Å². The minimum absolute atomic E-state index is 0.0585. The molecule has 3 aliphatic heterocycles. The fraction of sp³-hybridized carbons (Fsp3) is 0.360. The number of hydrogen-bond acceptors (Lipinski definition) is 5. The molecule has 0 radical (unpaired) electrons. The first-order valence-electron chi connectivity index (χ1n) is 10.5. The Morgan fingerprint density at radius 2 is 1.94 bits per heavy atom. The van der Waals surface area contributed by atoms with Crippen molar-refractivity contribution in [1.82, 2.24) is 4.90 Å². The van der Waals surface area contributed by atoms with Crippen molar-refractivity contribution >= 4 is 11.9 Å². The van der Waals surface area contributed by atoms with E-state index in [4.69, 9.17) is 14.2 Å². The van der Waals surface area contributed by atoms with Gasteiger partial charge >= 0.3 is 5.97 Å². The third kappa shape index (κ3) is 3.22. The van der Waals surface area contributed by atoms with Gasteiger partial charge in [-0.25, -0.2) is 0 Å². The van der Waals surface area contributed by atoms with Crippen molar-refractivity contribution in [3.8, 4) is 5.75 Å².